The number of hydrogen-bond acceptors (Lipinski definition) is 6. The van der Waals surface area contributed by atoms with Crippen LogP contribution in [0.25, 0.3) is 27.7 Å². The van der Waals surface area contributed by atoms with Gasteiger partial charge in [0.15, 0.2) is 0 Å². The average Bonchev–Trinajstić information content (AvgIpc) is 3.70. The lowest BCUT2D eigenvalue weighted by atomic mass is 9.93. The molecule has 2 aromatic carbocycles. The van der Waals surface area contributed by atoms with Gasteiger partial charge in [-0.25, -0.2) is 9.37 Å². The van der Waals surface area contributed by atoms with E-state index in [1.165, 1.54) is 18.4 Å². The third kappa shape index (κ3) is 7.77. The minimum Gasteiger partial charge on any atom is -0.376 e. The summed E-state index contributed by atoms with van der Waals surface area (Å²) in [7, 11) is 4.13. The van der Waals surface area contributed by atoms with E-state index in [2.05, 4.69) is 88.7 Å². The van der Waals surface area contributed by atoms with Crippen molar-refractivity contribution in [3.8, 4) is 11.1 Å². The summed E-state index contributed by atoms with van der Waals surface area (Å²) >= 11 is 0. The first-order valence-corrected chi connectivity index (χ1v) is 17.2. The smallest absolute Gasteiger partial charge is 0.124 e. The molecule has 4 heterocycles. The number of anilines is 1. The van der Waals surface area contributed by atoms with Crippen LogP contribution in [0.4, 0.5) is 10.1 Å². The zero-order chi connectivity index (χ0) is 33.6. The zero-order valence-electron chi connectivity index (χ0n) is 28.5. The van der Waals surface area contributed by atoms with Gasteiger partial charge in [-0.05, 0) is 149 Å². The topological polar surface area (TPSA) is 80.9 Å². The van der Waals surface area contributed by atoms with Crippen LogP contribution in [0.1, 0.15) is 61.2 Å². The maximum atomic E-state index is 14.8. The highest BCUT2D eigenvalue weighted by atomic mass is 19.1. The molecule has 0 radical (unpaired) electrons. The first-order chi connectivity index (χ1) is 23.3. The molecule has 48 heavy (non-hydrogen) atoms. The average molecular weight is 646 g/mol. The maximum Gasteiger partial charge on any atom is 0.124 e. The summed E-state index contributed by atoms with van der Waals surface area (Å²) in [6, 6.07) is 15.7. The number of pyridine rings is 1. The molecule has 1 saturated heterocycles. The molecule has 250 valence electrons. The number of halogens is 1. The second-order valence-corrected chi connectivity index (χ2v) is 13.4. The van der Waals surface area contributed by atoms with Gasteiger partial charge in [0.2, 0.25) is 0 Å². The van der Waals surface area contributed by atoms with E-state index in [0.29, 0.717) is 5.92 Å². The van der Waals surface area contributed by atoms with Gasteiger partial charge in [-0.3, -0.25) is 5.10 Å². The molecule has 0 spiro atoms. The fourth-order valence-electron chi connectivity index (χ4n) is 7.00. The molecule has 4 N–H and O–H groups in total. The monoisotopic (exact) mass is 645 g/mol. The molecule has 0 amide bonds. The molecular weight excluding hydrogens is 597 g/mol. The number of allylic oxidation sites excluding steroid dienone is 5. The van der Waals surface area contributed by atoms with E-state index in [9.17, 15) is 4.39 Å². The Labute approximate surface area is 284 Å². The molecule has 6 rings (SSSR count). The number of nitrogens with zero attached hydrogens (tertiary/aromatic N) is 3. The Morgan fingerprint density at radius 3 is 2.73 bits per heavy atom. The van der Waals surface area contributed by atoms with Crippen molar-refractivity contribution in [1.29, 1.82) is 0 Å². The number of aromatic nitrogens is 3. The van der Waals surface area contributed by atoms with Crippen LogP contribution in [0.5, 0.6) is 0 Å². The summed E-state index contributed by atoms with van der Waals surface area (Å²) in [5.74, 6) is 0.455. The van der Waals surface area contributed by atoms with E-state index in [4.69, 9.17) is 4.98 Å². The van der Waals surface area contributed by atoms with Crippen LogP contribution in [-0.2, 0) is 12.8 Å². The zero-order valence-corrected chi connectivity index (χ0v) is 28.5. The van der Waals surface area contributed by atoms with Gasteiger partial charge in [0.25, 0.3) is 0 Å². The molecule has 0 bridgehead atoms. The molecule has 7 nitrogen and oxygen atoms in total. The first kappa shape index (κ1) is 33.4. The quantitative estimate of drug-likeness (QED) is 0.111. The SMILES string of the molecule is C=C/C(=C\C(=C/C)c1ccc2n[nH]c(C3Cc4c(cccc4-c4cc(F)cc(CCCN(C)C)c4)N3)c2n1)NC(=C)CC1CCNCC1. The third-order valence-corrected chi connectivity index (χ3v) is 9.48. The molecule has 0 aliphatic carbocycles. The van der Waals surface area contributed by atoms with Gasteiger partial charge < -0.3 is 20.9 Å². The summed E-state index contributed by atoms with van der Waals surface area (Å²) in [6.07, 6.45) is 11.9. The van der Waals surface area contributed by atoms with Crippen LogP contribution in [0.15, 0.2) is 91.3 Å². The normalized spacial score (nSPS) is 17.1. The van der Waals surface area contributed by atoms with Gasteiger partial charge in [0.05, 0.1) is 17.4 Å². The lowest BCUT2D eigenvalue weighted by Gasteiger charge is -2.24. The largest absolute Gasteiger partial charge is 0.376 e. The Balaban J connectivity index is 1.22. The third-order valence-electron chi connectivity index (χ3n) is 9.48. The number of benzene rings is 2. The first-order valence-electron chi connectivity index (χ1n) is 17.2. The number of hydrogen-bond donors (Lipinski definition) is 4. The van der Waals surface area contributed by atoms with Crippen molar-refractivity contribution in [2.45, 2.75) is 51.5 Å². The van der Waals surface area contributed by atoms with E-state index < -0.39 is 0 Å². The summed E-state index contributed by atoms with van der Waals surface area (Å²) in [6.45, 7) is 13.5. The Kier molecular flexibility index (Phi) is 10.5. The van der Waals surface area contributed by atoms with Crippen molar-refractivity contribution < 1.29 is 4.39 Å². The van der Waals surface area contributed by atoms with Gasteiger partial charge in [0, 0.05) is 23.5 Å². The molecule has 1 fully saturated rings. The van der Waals surface area contributed by atoms with Crippen LogP contribution in [0, 0.1) is 11.7 Å². The Morgan fingerprint density at radius 2 is 1.96 bits per heavy atom. The van der Waals surface area contributed by atoms with Crippen molar-refractivity contribution in [2.24, 2.45) is 5.92 Å². The van der Waals surface area contributed by atoms with Crippen LogP contribution < -0.4 is 16.0 Å². The molecule has 2 aliphatic rings. The van der Waals surface area contributed by atoms with E-state index in [-0.39, 0.29) is 11.9 Å². The molecule has 2 aliphatic heterocycles. The molecule has 2 aromatic heterocycles. The number of rotatable bonds is 13. The lowest BCUT2D eigenvalue weighted by Crippen LogP contribution is -2.28. The second kappa shape index (κ2) is 15.1. The Bertz CT molecular complexity index is 1840. The minimum atomic E-state index is -0.196. The van der Waals surface area contributed by atoms with E-state index >= 15 is 0 Å². The molecule has 0 saturated carbocycles. The number of piperidine rings is 1. The summed E-state index contributed by atoms with van der Waals surface area (Å²) in [4.78, 5) is 7.29. The van der Waals surface area contributed by atoms with Gasteiger partial charge in [-0.2, -0.15) is 5.10 Å². The van der Waals surface area contributed by atoms with Crippen molar-refractivity contribution in [2.75, 3.05) is 39.0 Å². The second-order valence-electron chi connectivity index (χ2n) is 13.4. The van der Waals surface area contributed by atoms with Crippen molar-refractivity contribution in [1.82, 2.24) is 30.7 Å². The minimum absolute atomic E-state index is 0.0460. The van der Waals surface area contributed by atoms with E-state index in [1.54, 1.807) is 12.1 Å². The van der Waals surface area contributed by atoms with Gasteiger partial charge in [0.1, 0.15) is 16.9 Å². The molecule has 1 unspecified atom stereocenters. The molecule has 4 aromatic rings. The number of nitrogens with one attached hydrogen (secondary N) is 4. The van der Waals surface area contributed by atoms with Gasteiger partial charge in [-0.15, -0.1) is 0 Å². The van der Waals surface area contributed by atoms with Crippen molar-refractivity contribution >= 4 is 22.3 Å². The number of H-pyrrole nitrogens is 1. The lowest BCUT2D eigenvalue weighted by molar-refractivity contribution is 0.368. The van der Waals surface area contributed by atoms with Crippen molar-refractivity contribution in [3.63, 3.8) is 0 Å². The van der Waals surface area contributed by atoms with E-state index in [0.717, 1.165) is 107 Å². The summed E-state index contributed by atoms with van der Waals surface area (Å²) in [5, 5.41) is 18.5. The Morgan fingerprint density at radius 1 is 1.12 bits per heavy atom. The summed E-state index contributed by atoms with van der Waals surface area (Å²) < 4.78 is 14.8. The fourth-order valence-corrected chi connectivity index (χ4v) is 7.00. The van der Waals surface area contributed by atoms with E-state index in [1.807, 2.05) is 31.2 Å². The van der Waals surface area contributed by atoms with Crippen LogP contribution >= 0.6 is 0 Å². The highest BCUT2D eigenvalue weighted by Crippen LogP contribution is 2.41. The van der Waals surface area contributed by atoms with Crippen LogP contribution in [0.2, 0.25) is 0 Å². The van der Waals surface area contributed by atoms with Gasteiger partial charge in [-0.1, -0.05) is 37.4 Å². The number of aryl methyl sites for hydroxylation is 1. The Hall–Kier alpha value is -4.53. The molecular formula is C40H48FN7. The van der Waals surface area contributed by atoms with Crippen LogP contribution in [-0.4, -0.2) is 53.8 Å². The maximum absolute atomic E-state index is 14.8. The van der Waals surface area contributed by atoms with Crippen molar-refractivity contribution in [3.05, 3.63) is 120 Å². The standard InChI is InChI=1S/C40H48FN7/c1-6-29(24-32(7-2)43-26(3)20-27-15-17-42-18-16-27)35-13-14-37-39(45-35)40(47-46-37)38-25-34-33(11-8-12-36(34)44-38)30-21-28(22-31(41)23-30)10-9-19-48(4)5/h6-8,11-14,21-24,27,38,42-44H,2-3,9-10,15-20,25H2,1,4-5H3,(H,46,47)/b29-6+,32-24+. The predicted molar refractivity (Wildman–Crippen MR) is 197 cm³/mol. The molecule has 1 atom stereocenters. The summed E-state index contributed by atoms with van der Waals surface area (Å²) in [5.41, 5.74) is 11.6. The highest BCUT2D eigenvalue weighted by molar-refractivity contribution is 5.84. The van der Waals surface area contributed by atoms with Crippen LogP contribution in [0.3, 0.4) is 0 Å². The predicted octanol–water partition coefficient (Wildman–Crippen LogP) is 7.93. The highest BCUT2D eigenvalue weighted by Gasteiger charge is 2.28. The number of aromatic amines is 1. The molecule has 8 heteroatoms. The fraction of sp³-hybridized carbons (Fsp3) is 0.350. The van der Waals surface area contributed by atoms with Gasteiger partial charge >= 0.3 is 0 Å². The number of fused-ring (bicyclic) bond motifs is 2.